The van der Waals surface area contributed by atoms with Crippen LogP contribution in [0.15, 0.2) is 36.5 Å². The van der Waals surface area contributed by atoms with Crippen molar-refractivity contribution in [1.29, 1.82) is 0 Å². The van der Waals surface area contributed by atoms with Gasteiger partial charge < -0.3 is 9.72 Å². The number of imidazole rings is 1. The number of hydrogen-bond acceptors (Lipinski definition) is 2. The number of aryl methyl sites for hydroxylation is 2. The van der Waals surface area contributed by atoms with Crippen LogP contribution >= 0.6 is 11.6 Å². The highest BCUT2D eigenvalue weighted by Crippen LogP contribution is 2.31. The fraction of sp³-hybridized carbons (Fsp3) is 0.176. The number of halogens is 1. The monoisotopic (exact) mass is 313 g/mol. The van der Waals surface area contributed by atoms with Gasteiger partial charge in [-0.05, 0) is 43.7 Å². The van der Waals surface area contributed by atoms with Crippen molar-refractivity contribution in [1.82, 2.24) is 14.7 Å². The maximum absolute atomic E-state index is 11.7. The molecule has 3 rings (SSSR count). The summed E-state index contributed by atoms with van der Waals surface area (Å²) in [6, 6.07) is 9.35. The summed E-state index contributed by atoms with van der Waals surface area (Å²) in [5, 5.41) is 3.11. The molecule has 0 atom stereocenters. The van der Waals surface area contributed by atoms with Gasteiger partial charge in [-0.3, -0.25) is 4.79 Å². The number of rotatable bonds is 2. The first-order chi connectivity index (χ1) is 10.5. The van der Waals surface area contributed by atoms with Gasteiger partial charge in [-0.1, -0.05) is 17.7 Å². The molecule has 5 heteroatoms. The number of carbonyl (C=O) groups is 1. The van der Waals surface area contributed by atoms with E-state index in [4.69, 9.17) is 11.6 Å². The smallest absolute Gasteiger partial charge is 0.251 e. The van der Waals surface area contributed by atoms with E-state index in [9.17, 15) is 4.79 Å². The normalized spacial score (nSPS) is 10.9. The maximum Gasteiger partial charge on any atom is 0.251 e. The summed E-state index contributed by atoms with van der Waals surface area (Å²) in [5.74, 6) is -0.157. The van der Waals surface area contributed by atoms with Crippen LogP contribution in [0.5, 0.6) is 0 Å². The quantitative estimate of drug-likeness (QED) is 0.785. The predicted octanol–water partition coefficient (Wildman–Crippen LogP) is 3.63. The number of nitrogens with one attached hydrogen (secondary N) is 1. The Kier molecular flexibility index (Phi) is 3.62. The van der Waals surface area contributed by atoms with Crippen LogP contribution < -0.4 is 5.32 Å². The first-order valence-electron chi connectivity index (χ1n) is 6.98. The Morgan fingerprint density at radius 1 is 1.23 bits per heavy atom. The van der Waals surface area contributed by atoms with E-state index in [-0.39, 0.29) is 5.91 Å². The second-order valence-corrected chi connectivity index (χ2v) is 5.66. The Morgan fingerprint density at radius 3 is 2.68 bits per heavy atom. The molecule has 1 N–H and O–H groups in total. The van der Waals surface area contributed by atoms with E-state index in [1.165, 1.54) is 0 Å². The summed E-state index contributed by atoms with van der Waals surface area (Å²) >= 11 is 6.37. The van der Waals surface area contributed by atoms with Gasteiger partial charge in [0.15, 0.2) is 0 Å². The van der Waals surface area contributed by atoms with Gasteiger partial charge in [-0.25, -0.2) is 4.98 Å². The van der Waals surface area contributed by atoms with Gasteiger partial charge in [0.05, 0.1) is 10.7 Å². The minimum Gasteiger partial charge on any atom is -0.355 e. The van der Waals surface area contributed by atoms with Crippen LogP contribution in [0.1, 0.15) is 21.6 Å². The Labute approximate surface area is 133 Å². The van der Waals surface area contributed by atoms with E-state index in [1.54, 1.807) is 19.2 Å². The molecule has 4 nitrogen and oxygen atoms in total. The maximum atomic E-state index is 11.7. The SMILES string of the molecule is CNC(=O)c1ccc(-c2nc3cc(C)ccn3c2C)c(Cl)c1. The molecule has 0 aliphatic carbocycles. The molecule has 0 aliphatic heterocycles. The van der Waals surface area contributed by atoms with Gasteiger partial charge in [0.2, 0.25) is 0 Å². The average Bonchev–Trinajstić information content (AvgIpc) is 2.82. The molecule has 0 unspecified atom stereocenters. The Morgan fingerprint density at radius 2 is 2.00 bits per heavy atom. The first-order valence-corrected chi connectivity index (χ1v) is 7.36. The number of benzene rings is 1. The van der Waals surface area contributed by atoms with E-state index < -0.39 is 0 Å². The number of hydrogen-bond donors (Lipinski definition) is 1. The Hall–Kier alpha value is -2.33. The molecule has 0 saturated heterocycles. The molecule has 2 heterocycles. The third-order valence-electron chi connectivity index (χ3n) is 3.73. The van der Waals surface area contributed by atoms with Gasteiger partial charge in [-0.2, -0.15) is 0 Å². The number of fused-ring (bicyclic) bond motifs is 1. The van der Waals surface area contributed by atoms with Gasteiger partial charge in [0.25, 0.3) is 5.91 Å². The molecule has 1 aromatic carbocycles. The summed E-state index contributed by atoms with van der Waals surface area (Å²) < 4.78 is 2.03. The van der Waals surface area contributed by atoms with Crippen molar-refractivity contribution >= 4 is 23.2 Å². The van der Waals surface area contributed by atoms with Gasteiger partial charge >= 0.3 is 0 Å². The zero-order valence-electron chi connectivity index (χ0n) is 12.6. The summed E-state index contributed by atoms with van der Waals surface area (Å²) in [6.45, 7) is 4.04. The summed E-state index contributed by atoms with van der Waals surface area (Å²) in [7, 11) is 1.60. The van der Waals surface area contributed by atoms with Crippen LogP contribution in [-0.2, 0) is 0 Å². The number of pyridine rings is 1. The number of carbonyl (C=O) groups excluding carboxylic acids is 1. The van der Waals surface area contributed by atoms with E-state index in [0.717, 1.165) is 28.2 Å². The van der Waals surface area contributed by atoms with Crippen LogP contribution in [0, 0.1) is 13.8 Å². The first kappa shape index (κ1) is 14.6. The largest absolute Gasteiger partial charge is 0.355 e. The highest BCUT2D eigenvalue weighted by molar-refractivity contribution is 6.33. The van der Waals surface area contributed by atoms with Crippen LogP contribution in [0.3, 0.4) is 0 Å². The number of nitrogens with zero attached hydrogens (tertiary/aromatic N) is 2. The molecule has 0 spiro atoms. The van der Waals surface area contributed by atoms with Crippen LogP contribution in [-0.4, -0.2) is 22.3 Å². The zero-order chi connectivity index (χ0) is 15.9. The lowest BCUT2D eigenvalue weighted by Crippen LogP contribution is -2.17. The Balaban J connectivity index is 2.15. The van der Waals surface area contributed by atoms with E-state index in [0.29, 0.717) is 10.6 Å². The minimum atomic E-state index is -0.157. The minimum absolute atomic E-state index is 0.157. The Bertz CT molecular complexity index is 883. The molecule has 112 valence electrons. The number of amides is 1. The molecule has 1 amide bonds. The lowest BCUT2D eigenvalue weighted by atomic mass is 10.1. The second-order valence-electron chi connectivity index (χ2n) is 5.25. The summed E-state index contributed by atoms with van der Waals surface area (Å²) in [4.78, 5) is 16.3. The topological polar surface area (TPSA) is 46.4 Å². The molecule has 0 bridgehead atoms. The molecule has 0 fully saturated rings. The van der Waals surface area contributed by atoms with Crippen LogP contribution in [0.25, 0.3) is 16.9 Å². The van der Waals surface area contributed by atoms with Crippen molar-refractivity contribution in [2.45, 2.75) is 13.8 Å². The third-order valence-corrected chi connectivity index (χ3v) is 4.05. The fourth-order valence-corrected chi connectivity index (χ4v) is 2.79. The van der Waals surface area contributed by atoms with Crippen molar-refractivity contribution in [3.63, 3.8) is 0 Å². The van der Waals surface area contributed by atoms with Gasteiger partial charge in [-0.15, -0.1) is 0 Å². The van der Waals surface area contributed by atoms with Crippen molar-refractivity contribution in [2.75, 3.05) is 7.05 Å². The summed E-state index contributed by atoms with van der Waals surface area (Å²) in [6.07, 6.45) is 2.00. The van der Waals surface area contributed by atoms with Crippen molar-refractivity contribution in [3.05, 3.63) is 58.4 Å². The lowest BCUT2D eigenvalue weighted by molar-refractivity contribution is 0.0963. The fourth-order valence-electron chi connectivity index (χ4n) is 2.52. The molecular weight excluding hydrogens is 298 g/mol. The molecule has 0 saturated carbocycles. The zero-order valence-corrected chi connectivity index (χ0v) is 13.4. The second kappa shape index (κ2) is 5.46. The molecule has 0 radical (unpaired) electrons. The molecule has 2 aromatic heterocycles. The van der Waals surface area contributed by atoms with E-state index in [1.807, 2.05) is 42.6 Å². The summed E-state index contributed by atoms with van der Waals surface area (Å²) in [5.41, 5.74) is 5.26. The van der Waals surface area contributed by atoms with Crippen LogP contribution in [0.4, 0.5) is 0 Å². The molecule has 3 aromatic rings. The standard InChI is InChI=1S/C17H16ClN3O/c1-10-6-7-21-11(2)16(20-15(21)8-10)13-5-4-12(9-14(13)18)17(22)19-3/h4-9H,1-3H3,(H,19,22). The van der Waals surface area contributed by atoms with Crippen molar-refractivity contribution in [3.8, 4) is 11.3 Å². The number of aromatic nitrogens is 2. The molecule has 0 aliphatic rings. The predicted molar refractivity (Wildman–Crippen MR) is 88.5 cm³/mol. The van der Waals surface area contributed by atoms with Crippen molar-refractivity contribution < 1.29 is 4.79 Å². The van der Waals surface area contributed by atoms with E-state index in [2.05, 4.69) is 10.3 Å². The molecular formula is C17H16ClN3O. The van der Waals surface area contributed by atoms with Gasteiger partial charge in [0, 0.05) is 30.1 Å². The van der Waals surface area contributed by atoms with E-state index >= 15 is 0 Å². The van der Waals surface area contributed by atoms with Gasteiger partial charge in [0.1, 0.15) is 5.65 Å². The highest BCUT2D eigenvalue weighted by Gasteiger charge is 2.15. The third kappa shape index (κ3) is 2.35. The lowest BCUT2D eigenvalue weighted by Gasteiger charge is -2.05. The average molecular weight is 314 g/mol. The van der Waals surface area contributed by atoms with Crippen LogP contribution in [0.2, 0.25) is 5.02 Å². The molecule has 22 heavy (non-hydrogen) atoms. The highest BCUT2D eigenvalue weighted by atomic mass is 35.5. The van der Waals surface area contributed by atoms with Crippen molar-refractivity contribution in [2.24, 2.45) is 0 Å².